The molecule has 0 saturated heterocycles. The van der Waals surface area contributed by atoms with Crippen molar-refractivity contribution in [3.8, 4) is 0 Å². The molecule has 0 aromatic carbocycles. The molecule has 0 aromatic rings. The minimum Gasteiger partial charge on any atom is -0.464 e. The van der Waals surface area contributed by atoms with E-state index in [0.29, 0.717) is 6.61 Å². The second-order valence-corrected chi connectivity index (χ2v) is 2.80. The zero-order valence-corrected chi connectivity index (χ0v) is 8.51. The highest BCUT2D eigenvalue weighted by molar-refractivity contribution is 6.19. The molecule has 2 unspecified atom stereocenters. The first-order valence-corrected chi connectivity index (χ1v) is 4.61. The Morgan fingerprint density at radius 2 is 2.08 bits per heavy atom. The van der Waals surface area contributed by atoms with Gasteiger partial charge in [0.05, 0.1) is 6.61 Å². The summed E-state index contributed by atoms with van der Waals surface area (Å²) in [4.78, 5) is 11.1. The number of carbonyl (C=O) groups excluding carboxylic acids is 1. The number of halogens is 2. The van der Waals surface area contributed by atoms with Crippen molar-refractivity contribution in [1.82, 2.24) is 0 Å². The van der Waals surface area contributed by atoms with Crippen molar-refractivity contribution in [1.29, 1.82) is 0 Å². The maximum absolute atomic E-state index is 12.4. The van der Waals surface area contributed by atoms with E-state index in [1.54, 1.807) is 13.8 Å². The van der Waals surface area contributed by atoms with Gasteiger partial charge in [-0.05, 0) is 13.8 Å². The highest BCUT2D eigenvalue weighted by Gasteiger charge is 2.23. The first-order valence-electron chi connectivity index (χ1n) is 4.18. The van der Waals surface area contributed by atoms with E-state index in [9.17, 15) is 9.18 Å². The molecule has 78 valence electrons. The van der Waals surface area contributed by atoms with E-state index < -0.39 is 17.7 Å². The predicted octanol–water partition coefficient (Wildman–Crippen LogP) is 1.88. The summed E-state index contributed by atoms with van der Waals surface area (Å²) in [6.07, 6.45) is -1.06. The van der Waals surface area contributed by atoms with Crippen LogP contribution in [0.3, 0.4) is 0 Å². The van der Waals surface area contributed by atoms with Gasteiger partial charge < -0.3 is 9.47 Å². The van der Waals surface area contributed by atoms with E-state index in [2.05, 4.69) is 4.74 Å². The molecule has 0 aliphatic carbocycles. The van der Waals surface area contributed by atoms with Gasteiger partial charge in [-0.3, -0.25) is 0 Å². The third-order valence-corrected chi connectivity index (χ3v) is 1.49. The number of hydrogen-bond donors (Lipinski definition) is 0. The van der Waals surface area contributed by atoms with Gasteiger partial charge in [0.2, 0.25) is 0 Å². The van der Waals surface area contributed by atoms with Gasteiger partial charge in [-0.15, -0.1) is 0 Å². The van der Waals surface area contributed by atoms with Crippen molar-refractivity contribution in [2.45, 2.75) is 32.0 Å². The van der Waals surface area contributed by atoms with E-state index >= 15 is 0 Å². The number of hydrogen-bond acceptors (Lipinski definition) is 3. The lowest BCUT2D eigenvalue weighted by Gasteiger charge is -2.14. The Labute approximate surface area is 82.2 Å². The molecule has 0 saturated carbocycles. The maximum Gasteiger partial charge on any atom is 0.335 e. The van der Waals surface area contributed by atoms with Crippen molar-refractivity contribution in [2.75, 3.05) is 13.2 Å². The predicted molar refractivity (Wildman–Crippen MR) is 47.4 cm³/mol. The molecule has 0 spiro atoms. The van der Waals surface area contributed by atoms with Crippen molar-refractivity contribution >= 4 is 17.6 Å². The van der Waals surface area contributed by atoms with Crippen molar-refractivity contribution in [3.63, 3.8) is 0 Å². The quantitative estimate of drug-likeness (QED) is 0.498. The molecule has 3 nitrogen and oxygen atoms in total. The average Bonchev–Trinajstić information content (AvgIpc) is 2.03. The molecular weight excluding hydrogens is 199 g/mol. The van der Waals surface area contributed by atoms with Crippen LogP contribution >= 0.6 is 11.6 Å². The van der Waals surface area contributed by atoms with Crippen LogP contribution in [0.1, 0.15) is 20.3 Å². The van der Waals surface area contributed by atoms with Crippen LogP contribution in [0, 0.1) is 0 Å². The molecule has 0 rings (SSSR count). The highest BCUT2D eigenvalue weighted by Crippen LogP contribution is 2.11. The Balaban J connectivity index is 3.98. The standard InChI is InChI=1S/C8H14ClFO3/c1-3-12-6(5-7(9)10)8(11)13-4-2/h6-7H,3-5H2,1-2H3. The van der Waals surface area contributed by atoms with Crippen molar-refractivity contribution < 1.29 is 18.7 Å². The number of rotatable bonds is 6. The summed E-state index contributed by atoms with van der Waals surface area (Å²) in [6.45, 7) is 3.97. The summed E-state index contributed by atoms with van der Waals surface area (Å²) in [7, 11) is 0. The fourth-order valence-corrected chi connectivity index (χ4v) is 0.992. The van der Waals surface area contributed by atoms with Gasteiger partial charge in [0, 0.05) is 13.0 Å². The van der Waals surface area contributed by atoms with Crippen LogP contribution in [-0.4, -0.2) is 30.9 Å². The lowest BCUT2D eigenvalue weighted by molar-refractivity contribution is -0.157. The Morgan fingerprint density at radius 3 is 2.46 bits per heavy atom. The second-order valence-electron chi connectivity index (χ2n) is 2.32. The first-order chi connectivity index (χ1) is 6.11. The normalized spacial score (nSPS) is 15.1. The van der Waals surface area contributed by atoms with Crippen LogP contribution in [0.25, 0.3) is 0 Å². The summed E-state index contributed by atoms with van der Waals surface area (Å²) < 4.78 is 22.0. The SMILES string of the molecule is CCOC(=O)C(CC(F)Cl)OCC. The molecule has 0 aliphatic heterocycles. The highest BCUT2D eigenvalue weighted by atomic mass is 35.5. The maximum atomic E-state index is 12.4. The third kappa shape index (κ3) is 5.82. The van der Waals surface area contributed by atoms with Gasteiger partial charge in [0.25, 0.3) is 0 Å². The minimum atomic E-state index is -1.58. The molecule has 0 bridgehead atoms. The van der Waals surface area contributed by atoms with Crippen molar-refractivity contribution in [2.24, 2.45) is 0 Å². The molecule has 0 heterocycles. The molecule has 5 heteroatoms. The molecule has 0 fully saturated rings. The van der Waals surface area contributed by atoms with Gasteiger partial charge >= 0.3 is 5.97 Å². The third-order valence-electron chi connectivity index (χ3n) is 1.31. The summed E-state index contributed by atoms with van der Waals surface area (Å²) in [5.74, 6) is -0.562. The van der Waals surface area contributed by atoms with Crippen molar-refractivity contribution in [3.05, 3.63) is 0 Å². The zero-order chi connectivity index (χ0) is 10.3. The fourth-order valence-electron chi connectivity index (χ4n) is 0.831. The summed E-state index contributed by atoms with van der Waals surface area (Å²) >= 11 is 5.10. The van der Waals surface area contributed by atoms with Gasteiger partial charge in [-0.2, -0.15) is 0 Å². The fraction of sp³-hybridized carbons (Fsp3) is 0.875. The average molecular weight is 213 g/mol. The lowest BCUT2D eigenvalue weighted by atomic mass is 10.3. The van der Waals surface area contributed by atoms with Crippen LogP contribution in [-0.2, 0) is 14.3 Å². The van der Waals surface area contributed by atoms with E-state index in [1.807, 2.05) is 0 Å². The van der Waals surface area contributed by atoms with Crippen LogP contribution in [0.2, 0.25) is 0 Å². The van der Waals surface area contributed by atoms with E-state index in [4.69, 9.17) is 16.3 Å². The topological polar surface area (TPSA) is 35.5 Å². The molecule has 0 aromatic heterocycles. The zero-order valence-electron chi connectivity index (χ0n) is 7.76. The Bertz CT molecular complexity index is 152. The molecule has 0 N–H and O–H groups in total. The number of alkyl halides is 2. The Kier molecular flexibility index (Phi) is 6.90. The van der Waals surface area contributed by atoms with Crippen LogP contribution in [0.4, 0.5) is 4.39 Å². The smallest absolute Gasteiger partial charge is 0.335 e. The van der Waals surface area contributed by atoms with Gasteiger partial charge in [-0.25, -0.2) is 9.18 Å². The minimum absolute atomic E-state index is 0.172. The van der Waals surface area contributed by atoms with Gasteiger partial charge in [-0.1, -0.05) is 11.6 Å². The molecular formula is C8H14ClFO3. The van der Waals surface area contributed by atoms with Crippen LogP contribution in [0.5, 0.6) is 0 Å². The van der Waals surface area contributed by atoms with Crippen LogP contribution in [0.15, 0.2) is 0 Å². The van der Waals surface area contributed by atoms with E-state index in [0.717, 1.165) is 0 Å². The molecule has 0 radical (unpaired) electrons. The largest absolute Gasteiger partial charge is 0.464 e. The van der Waals surface area contributed by atoms with Gasteiger partial charge in [0.15, 0.2) is 11.7 Å². The summed E-state index contributed by atoms with van der Waals surface area (Å²) in [5.41, 5.74) is -1.58. The van der Waals surface area contributed by atoms with E-state index in [1.165, 1.54) is 0 Å². The monoisotopic (exact) mass is 212 g/mol. The second kappa shape index (κ2) is 7.09. The Hall–Kier alpha value is -0.350. The summed E-state index contributed by atoms with van der Waals surface area (Å²) in [6, 6.07) is 0. The number of esters is 1. The first kappa shape index (κ1) is 12.7. The lowest BCUT2D eigenvalue weighted by Crippen LogP contribution is -2.28. The summed E-state index contributed by atoms with van der Waals surface area (Å²) in [5, 5.41) is 0. The number of carbonyl (C=O) groups is 1. The molecule has 0 aliphatic rings. The Morgan fingerprint density at radius 1 is 1.46 bits per heavy atom. The molecule has 13 heavy (non-hydrogen) atoms. The van der Waals surface area contributed by atoms with E-state index in [-0.39, 0.29) is 13.0 Å². The number of ether oxygens (including phenoxy) is 2. The molecule has 2 atom stereocenters. The van der Waals surface area contributed by atoms with Gasteiger partial charge in [0.1, 0.15) is 0 Å². The van der Waals surface area contributed by atoms with Crippen LogP contribution < -0.4 is 0 Å². The molecule has 0 amide bonds.